The number of aliphatic hydroxyl groups is 1. The first kappa shape index (κ1) is 25.5. The number of aliphatic hydroxyl groups excluding tert-OH is 1. The molecule has 0 aromatic heterocycles. The van der Waals surface area contributed by atoms with Crippen molar-refractivity contribution < 1.29 is 19.4 Å². The third-order valence-corrected chi connectivity index (χ3v) is 6.94. The van der Waals surface area contributed by atoms with Gasteiger partial charge in [0.1, 0.15) is 23.6 Å². The number of amides is 1. The SMILES string of the molecule is Cc1cc(O[C@H]2C[C@H](NC(=O)OC(C)(C)C)[C@@H](N3CCc4ccccc4C3)[C@@H]2O)cc(C(C)C)c1. The summed E-state index contributed by atoms with van der Waals surface area (Å²) in [4.78, 5) is 15.0. The van der Waals surface area contributed by atoms with Crippen LogP contribution in [0.25, 0.3) is 0 Å². The molecule has 0 bridgehead atoms. The predicted molar refractivity (Wildman–Crippen MR) is 138 cm³/mol. The highest BCUT2D eigenvalue weighted by Gasteiger charge is 2.48. The zero-order valence-electron chi connectivity index (χ0n) is 21.9. The van der Waals surface area contributed by atoms with Gasteiger partial charge >= 0.3 is 6.09 Å². The molecule has 6 nitrogen and oxygen atoms in total. The number of nitrogens with zero attached hydrogens (tertiary/aromatic N) is 1. The summed E-state index contributed by atoms with van der Waals surface area (Å²) in [5.41, 5.74) is 4.37. The summed E-state index contributed by atoms with van der Waals surface area (Å²) >= 11 is 0. The quantitative estimate of drug-likeness (QED) is 0.634. The van der Waals surface area contributed by atoms with Crippen molar-refractivity contribution in [2.24, 2.45) is 0 Å². The van der Waals surface area contributed by atoms with E-state index in [1.54, 1.807) is 0 Å². The lowest BCUT2D eigenvalue weighted by Gasteiger charge is -2.38. The molecule has 4 rings (SSSR count). The van der Waals surface area contributed by atoms with Crippen molar-refractivity contribution in [3.8, 4) is 5.75 Å². The molecular weight excluding hydrogens is 440 g/mol. The number of nitrogens with one attached hydrogen (secondary N) is 1. The molecule has 2 aromatic carbocycles. The molecule has 2 aliphatic rings. The number of ether oxygens (including phenoxy) is 2. The fourth-order valence-electron chi connectivity index (χ4n) is 5.30. The van der Waals surface area contributed by atoms with Crippen LogP contribution < -0.4 is 10.1 Å². The number of aryl methyl sites for hydroxylation is 1. The van der Waals surface area contributed by atoms with Gasteiger partial charge in [0.15, 0.2) is 0 Å². The normalized spacial score (nSPS) is 24.8. The fourth-order valence-corrected chi connectivity index (χ4v) is 5.30. The van der Waals surface area contributed by atoms with Gasteiger partial charge in [-0.1, -0.05) is 44.2 Å². The van der Waals surface area contributed by atoms with Gasteiger partial charge in [-0.05, 0) is 74.4 Å². The molecule has 1 aliphatic heterocycles. The van der Waals surface area contributed by atoms with Crippen LogP contribution in [0.5, 0.6) is 5.75 Å². The Morgan fingerprint density at radius 1 is 1.14 bits per heavy atom. The lowest BCUT2D eigenvalue weighted by Crippen LogP contribution is -2.55. The minimum Gasteiger partial charge on any atom is -0.488 e. The van der Waals surface area contributed by atoms with E-state index >= 15 is 0 Å². The number of rotatable bonds is 5. The van der Waals surface area contributed by atoms with Gasteiger partial charge in [-0.3, -0.25) is 4.90 Å². The average Bonchev–Trinajstić information content (AvgIpc) is 3.05. The summed E-state index contributed by atoms with van der Waals surface area (Å²) in [6.07, 6.45) is -0.217. The zero-order valence-corrected chi connectivity index (χ0v) is 21.9. The number of fused-ring (bicyclic) bond motifs is 1. The van der Waals surface area contributed by atoms with E-state index in [1.807, 2.05) is 26.8 Å². The molecule has 1 amide bonds. The van der Waals surface area contributed by atoms with Crippen LogP contribution in [0.2, 0.25) is 0 Å². The van der Waals surface area contributed by atoms with Crippen molar-refractivity contribution in [1.29, 1.82) is 0 Å². The first-order chi connectivity index (χ1) is 16.5. The molecule has 35 heavy (non-hydrogen) atoms. The van der Waals surface area contributed by atoms with Gasteiger partial charge in [0, 0.05) is 19.5 Å². The molecule has 0 unspecified atom stereocenters. The van der Waals surface area contributed by atoms with E-state index in [4.69, 9.17) is 9.47 Å². The van der Waals surface area contributed by atoms with Crippen LogP contribution in [-0.4, -0.2) is 52.5 Å². The van der Waals surface area contributed by atoms with Gasteiger partial charge < -0.3 is 19.9 Å². The lowest BCUT2D eigenvalue weighted by atomic mass is 9.97. The van der Waals surface area contributed by atoms with Crippen LogP contribution in [-0.2, 0) is 17.7 Å². The van der Waals surface area contributed by atoms with E-state index in [0.717, 1.165) is 30.8 Å². The Hall–Kier alpha value is -2.57. The number of benzene rings is 2. The van der Waals surface area contributed by atoms with E-state index in [-0.39, 0.29) is 12.1 Å². The highest BCUT2D eigenvalue weighted by Crippen LogP contribution is 2.33. The fraction of sp³-hybridized carbons (Fsp3) is 0.552. The Labute approximate surface area is 209 Å². The van der Waals surface area contributed by atoms with Crippen molar-refractivity contribution in [1.82, 2.24) is 10.2 Å². The van der Waals surface area contributed by atoms with Gasteiger partial charge in [0.25, 0.3) is 0 Å². The molecule has 1 aliphatic carbocycles. The van der Waals surface area contributed by atoms with Gasteiger partial charge in [-0.25, -0.2) is 4.79 Å². The van der Waals surface area contributed by atoms with Crippen molar-refractivity contribution >= 4 is 6.09 Å². The highest BCUT2D eigenvalue weighted by atomic mass is 16.6. The minimum atomic E-state index is -0.747. The van der Waals surface area contributed by atoms with Crippen LogP contribution in [0.3, 0.4) is 0 Å². The Balaban J connectivity index is 1.57. The van der Waals surface area contributed by atoms with E-state index in [1.165, 1.54) is 16.7 Å². The lowest BCUT2D eigenvalue weighted by molar-refractivity contribution is 0.000988. The molecule has 190 valence electrons. The number of carbonyl (C=O) groups excluding carboxylic acids is 1. The summed E-state index contributed by atoms with van der Waals surface area (Å²) in [6, 6.07) is 14.1. The van der Waals surface area contributed by atoms with Gasteiger partial charge in [-0.15, -0.1) is 0 Å². The van der Waals surface area contributed by atoms with Crippen molar-refractivity contribution in [3.63, 3.8) is 0 Å². The molecule has 1 fully saturated rings. The van der Waals surface area contributed by atoms with Gasteiger partial charge in [-0.2, -0.15) is 0 Å². The Morgan fingerprint density at radius 2 is 1.86 bits per heavy atom. The summed E-state index contributed by atoms with van der Waals surface area (Å²) in [6.45, 7) is 13.5. The maximum Gasteiger partial charge on any atom is 0.407 e. The first-order valence-corrected chi connectivity index (χ1v) is 12.8. The Morgan fingerprint density at radius 3 is 2.54 bits per heavy atom. The average molecular weight is 481 g/mol. The second-order valence-corrected chi connectivity index (χ2v) is 11.3. The molecule has 1 heterocycles. The molecule has 2 N–H and O–H groups in total. The number of alkyl carbamates (subject to hydrolysis) is 1. The summed E-state index contributed by atoms with van der Waals surface area (Å²) in [5.74, 6) is 1.15. The minimum absolute atomic E-state index is 0.268. The topological polar surface area (TPSA) is 71.0 Å². The molecule has 0 spiro atoms. The maximum atomic E-state index is 12.7. The number of carbonyl (C=O) groups is 1. The monoisotopic (exact) mass is 480 g/mol. The number of hydrogen-bond donors (Lipinski definition) is 2. The Bertz CT molecular complexity index is 1050. The number of hydrogen-bond acceptors (Lipinski definition) is 5. The molecule has 6 heteroatoms. The molecule has 1 saturated carbocycles. The smallest absolute Gasteiger partial charge is 0.407 e. The first-order valence-electron chi connectivity index (χ1n) is 12.8. The largest absolute Gasteiger partial charge is 0.488 e. The second kappa shape index (κ2) is 10.2. The van der Waals surface area contributed by atoms with E-state index < -0.39 is 23.9 Å². The van der Waals surface area contributed by atoms with Crippen LogP contribution in [0, 0.1) is 6.92 Å². The third-order valence-electron chi connectivity index (χ3n) is 6.94. The predicted octanol–water partition coefficient (Wildman–Crippen LogP) is 4.95. The summed E-state index contributed by atoms with van der Waals surface area (Å²) in [5, 5.41) is 14.6. The standard InChI is InChI=1S/C29H40N2O4/c1-18(2)22-13-19(3)14-23(15-22)34-25-16-24(30-28(33)35-29(4,5)6)26(27(25)32)31-12-11-20-9-7-8-10-21(20)17-31/h7-10,13-15,18,24-27,32H,11-12,16-17H2,1-6H3,(H,30,33)/t24-,25-,26+,27+/m0/s1. The summed E-state index contributed by atoms with van der Waals surface area (Å²) < 4.78 is 11.9. The van der Waals surface area contributed by atoms with Gasteiger partial charge in [0.05, 0.1) is 12.1 Å². The van der Waals surface area contributed by atoms with E-state index in [2.05, 4.69) is 67.4 Å². The molecule has 0 radical (unpaired) electrons. The molecule has 0 saturated heterocycles. The van der Waals surface area contributed by atoms with Crippen molar-refractivity contribution in [2.45, 2.75) is 96.7 Å². The van der Waals surface area contributed by atoms with Crippen molar-refractivity contribution in [3.05, 3.63) is 64.7 Å². The third kappa shape index (κ3) is 6.17. The van der Waals surface area contributed by atoms with Crippen LogP contribution >= 0.6 is 0 Å². The molecule has 4 atom stereocenters. The maximum absolute atomic E-state index is 12.7. The van der Waals surface area contributed by atoms with Crippen LogP contribution in [0.15, 0.2) is 42.5 Å². The van der Waals surface area contributed by atoms with Crippen molar-refractivity contribution in [2.75, 3.05) is 6.54 Å². The molecular formula is C29H40N2O4. The van der Waals surface area contributed by atoms with E-state index in [9.17, 15) is 9.90 Å². The Kier molecular flexibility index (Phi) is 7.43. The van der Waals surface area contributed by atoms with Crippen LogP contribution in [0.4, 0.5) is 4.79 Å². The van der Waals surface area contributed by atoms with Crippen LogP contribution in [0.1, 0.15) is 69.2 Å². The van der Waals surface area contributed by atoms with E-state index in [0.29, 0.717) is 12.3 Å². The second-order valence-electron chi connectivity index (χ2n) is 11.3. The molecule has 2 aromatic rings. The van der Waals surface area contributed by atoms with Gasteiger partial charge in [0.2, 0.25) is 0 Å². The summed E-state index contributed by atoms with van der Waals surface area (Å²) in [7, 11) is 0. The highest BCUT2D eigenvalue weighted by molar-refractivity contribution is 5.68. The zero-order chi connectivity index (χ0) is 25.3.